The third-order valence-electron chi connectivity index (χ3n) is 3.56. The fourth-order valence-corrected chi connectivity index (χ4v) is 2.71. The monoisotopic (exact) mass is 256 g/mol. The summed E-state index contributed by atoms with van der Waals surface area (Å²) in [6.07, 6.45) is 3.32. The fraction of sp³-hybridized carbons (Fsp3) is 0.462. The molecule has 0 bridgehead atoms. The predicted molar refractivity (Wildman–Crippen MR) is 63.7 cm³/mol. The quantitative estimate of drug-likeness (QED) is 0.896. The second-order valence-corrected chi connectivity index (χ2v) is 5.14. The first kappa shape index (κ1) is 12.4. The summed E-state index contributed by atoms with van der Waals surface area (Å²) < 4.78 is 13.7. The van der Waals surface area contributed by atoms with E-state index in [9.17, 15) is 14.3 Å². The molecule has 1 aromatic carbocycles. The van der Waals surface area contributed by atoms with Gasteiger partial charge in [0.2, 0.25) is 0 Å². The summed E-state index contributed by atoms with van der Waals surface area (Å²) in [6.45, 7) is 0. The van der Waals surface area contributed by atoms with Gasteiger partial charge in [0.05, 0.1) is 5.41 Å². The topological polar surface area (TPSA) is 37.3 Å². The van der Waals surface area contributed by atoms with Gasteiger partial charge < -0.3 is 5.11 Å². The van der Waals surface area contributed by atoms with Crippen molar-refractivity contribution in [3.63, 3.8) is 0 Å². The maximum atomic E-state index is 13.7. The van der Waals surface area contributed by atoms with E-state index < -0.39 is 17.2 Å². The molecule has 92 valence electrons. The number of carboxylic acid groups (broad SMARTS) is 1. The molecule has 17 heavy (non-hydrogen) atoms. The Hall–Kier alpha value is -1.09. The molecule has 0 atom stereocenters. The Kier molecular flexibility index (Phi) is 3.38. The molecule has 0 aromatic heterocycles. The second-order valence-electron chi connectivity index (χ2n) is 4.71. The van der Waals surface area contributed by atoms with Crippen molar-refractivity contribution in [1.82, 2.24) is 0 Å². The Morgan fingerprint density at radius 3 is 2.59 bits per heavy atom. The van der Waals surface area contributed by atoms with Crippen LogP contribution in [0, 0.1) is 11.2 Å². The molecular weight excluding hydrogens is 243 g/mol. The van der Waals surface area contributed by atoms with Crippen molar-refractivity contribution in [2.24, 2.45) is 5.41 Å². The van der Waals surface area contributed by atoms with E-state index in [-0.39, 0.29) is 6.42 Å². The van der Waals surface area contributed by atoms with Gasteiger partial charge in [-0.05, 0) is 37.0 Å². The Labute approximate surface area is 104 Å². The van der Waals surface area contributed by atoms with Crippen molar-refractivity contribution in [3.8, 4) is 0 Å². The third-order valence-corrected chi connectivity index (χ3v) is 3.79. The molecule has 2 nitrogen and oxygen atoms in total. The third kappa shape index (κ3) is 2.44. The molecule has 0 aliphatic heterocycles. The number of carboxylic acids is 1. The van der Waals surface area contributed by atoms with Gasteiger partial charge in [0.25, 0.3) is 0 Å². The molecule has 1 aliphatic carbocycles. The van der Waals surface area contributed by atoms with E-state index in [0.29, 0.717) is 23.4 Å². The van der Waals surface area contributed by atoms with Crippen molar-refractivity contribution >= 4 is 17.6 Å². The number of carbonyl (C=O) groups is 1. The molecule has 0 spiro atoms. The lowest BCUT2D eigenvalue weighted by Gasteiger charge is -2.23. The van der Waals surface area contributed by atoms with Gasteiger partial charge in [0.1, 0.15) is 5.82 Å². The highest BCUT2D eigenvalue weighted by molar-refractivity contribution is 6.30. The van der Waals surface area contributed by atoms with Gasteiger partial charge in [-0.1, -0.05) is 30.5 Å². The van der Waals surface area contributed by atoms with Crippen LogP contribution in [0.25, 0.3) is 0 Å². The first-order chi connectivity index (χ1) is 8.03. The molecule has 1 fully saturated rings. The van der Waals surface area contributed by atoms with Crippen molar-refractivity contribution in [3.05, 3.63) is 34.6 Å². The number of hydrogen-bond donors (Lipinski definition) is 1. The van der Waals surface area contributed by atoms with Gasteiger partial charge in [0, 0.05) is 5.02 Å². The van der Waals surface area contributed by atoms with Gasteiger partial charge >= 0.3 is 5.97 Å². The first-order valence-electron chi connectivity index (χ1n) is 5.71. The number of aliphatic carboxylic acids is 1. The normalized spacial score (nSPS) is 18.2. The van der Waals surface area contributed by atoms with E-state index in [1.54, 1.807) is 12.1 Å². The lowest BCUT2D eigenvalue weighted by atomic mass is 9.80. The first-order valence-corrected chi connectivity index (χ1v) is 6.09. The van der Waals surface area contributed by atoms with Crippen molar-refractivity contribution < 1.29 is 14.3 Å². The minimum atomic E-state index is -0.815. The van der Waals surface area contributed by atoms with Crippen LogP contribution in [-0.4, -0.2) is 11.1 Å². The Bertz CT molecular complexity index is 439. The molecule has 2 rings (SSSR count). The molecular formula is C13H14ClFO2. The van der Waals surface area contributed by atoms with E-state index in [0.717, 1.165) is 12.8 Å². The SMILES string of the molecule is O=C(O)C1(Cc2ccc(Cl)cc2F)CCCC1. The van der Waals surface area contributed by atoms with Crippen LogP contribution in [0.2, 0.25) is 5.02 Å². The average molecular weight is 257 g/mol. The standard InChI is InChI=1S/C13H14ClFO2/c14-10-4-3-9(11(15)7-10)8-13(12(16)17)5-1-2-6-13/h3-4,7H,1-2,5-6,8H2,(H,16,17). The predicted octanol–water partition coefficient (Wildman–Crippen LogP) is 3.67. The highest BCUT2D eigenvalue weighted by atomic mass is 35.5. The molecule has 1 N–H and O–H groups in total. The zero-order valence-electron chi connectivity index (χ0n) is 9.38. The van der Waals surface area contributed by atoms with E-state index in [1.165, 1.54) is 6.07 Å². The molecule has 1 aliphatic rings. The van der Waals surface area contributed by atoms with E-state index >= 15 is 0 Å². The molecule has 1 aromatic rings. The van der Waals surface area contributed by atoms with Crippen LogP contribution in [0.5, 0.6) is 0 Å². The highest BCUT2D eigenvalue weighted by Crippen LogP contribution is 2.41. The highest BCUT2D eigenvalue weighted by Gasteiger charge is 2.41. The van der Waals surface area contributed by atoms with Crippen LogP contribution in [0.3, 0.4) is 0 Å². The van der Waals surface area contributed by atoms with Crippen LogP contribution < -0.4 is 0 Å². The fourth-order valence-electron chi connectivity index (χ4n) is 2.55. The zero-order chi connectivity index (χ0) is 12.5. The molecule has 0 amide bonds. The minimum Gasteiger partial charge on any atom is -0.481 e. The Balaban J connectivity index is 2.26. The van der Waals surface area contributed by atoms with E-state index in [1.807, 2.05) is 0 Å². The summed E-state index contributed by atoms with van der Waals surface area (Å²) in [5.41, 5.74) is -0.340. The van der Waals surface area contributed by atoms with Gasteiger partial charge in [-0.2, -0.15) is 0 Å². The lowest BCUT2D eigenvalue weighted by Crippen LogP contribution is -2.30. The number of rotatable bonds is 3. The summed E-state index contributed by atoms with van der Waals surface area (Å²) in [4.78, 5) is 11.4. The largest absolute Gasteiger partial charge is 0.481 e. The summed E-state index contributed by atoms with van der Waals surface area (Å²) in [7, 11) is 0. The van der Waals surface area contributed by atoms with Crippen molar-refractivity contribution in [1.29, 1.82) is 0 Å². The summed E-state index contributed by atoms with van der Waals surface area (Å²) >= 11 is 5.67. The van der Waals surface area contributed by atoms with Crippen molar-refractivity contribution in [2.75, 3.05) is 0 Å². The second kappa shape index (κ2) is 4.65. The van der Waals surface area contributed by atoms with Gasteiger partial charge in [-0.25, -0.2) is 4.39 Å². The smallest absolute Gasteiger partial charge is 0.309 e. The molecule has 0 saturated heterocycles. The van der Waals surface area contributed by atoms with Gasteiger partial charge in [0.15, 0.2) is 0 Å². The van der Waals surface area contributed by atoms with Gasteiger partial charge in [-0.15, -0.1) is 0 Å². The summed E-state index contributed by atoms with van der Waals surface area (Å²) in [6, 6.07) is 4.42. The van der Waals surface area contributed by atoms with Crippen LogP contribution >= 0.6 is 11.6 Å². The Morgan fingerprint density at radius 1 is 1.41 bits per heavy atom. The van der Waals surface area contributed by atoms with Crippen LogP contribution in [0.4, 0.5) is 4.39 Å². The van der Waals surface area contributed by atoms with E-state index in [2.05, 4.69) is 0 Å². The number of benzene rings is 1. The molecule has 0 heterocycles. The van der Waals surface area contributed by atoms with Crippen LogP contribution in [0.1, 0.15) is 31.2 Å². The van der Waals surface area contributed by atoms with Gasteiger partial charge in [-0.3, -0.25) is 4.79 Å². The maximum absolute atomic E-state index is 13.7. The zero-order valence-corrected chi connectivity index (χ0v) is 10.1. The molecule has 0 unspecified atom stereocenters. The molecule has 0 radical (unpaired) electrons. The number of halogens is 2. The summed E-state index contributed by atoms with van der Waals surface area (Å²) in [5.74, 6) is -1.23. The maximum Gasteiger partial charge on any atom is 0.309 e. The number of hydrogen-bond acceptors (Lipinski definition) is 1. The Morgan fingerprint density at radius 2 is 2.06 bits per heavy atom. The average Bonchev–Trinajstić information content (AvgIpc) is 2.72. The van der Waals surface area contributed by atoms with Crippen LogP contribution in [0.15, 0.2) is 18.2 Å². The van der Waals surface area contributed by atoms with Crippen molar-refractivity contribution in [2.45, 2.75) is 32.1 Å². The molecule has 1 saturated carbocycles. The molecule has 4 heteroatoms. The van der Waals surface area contributed by atoms with Crippen LogP contribution in [-0.2, 0) is 11.2 Å². The lowest BCUT2D eigenvalue weighted by molar-refractivity contribution is -0.148. The van der Waals surface area contributed by atoms with E-state index in [4.69, 9.17) is 11.6 Å². The minimum absolute atomic E-state index is 0.255. The summed E-state index contributed by atoms with van der Waals surface area (Å²) in [5, 5.41) is 9.66.